The van der Waals surface area contributed by atoms with Gasteiger partial charge in [0.05, 0.1) is 11.2 Å². The second kappa shape index (κ2) is 5.66. The molecule has 3 aromatic rings. The SMILES string of the molecule is Cc1cnc(C2(C)CCN(C(=O)c3cnn4cccnc34)CC2)s1. The maximum absolute atomic E-state index is 12.8. The number of hydrogen-bond acceptors (Lipinski definition) is 5. The zero-order valence-corrected chi connectivity index (χ0v) is 14.6. The van der Waals surface area contributed by atoms with Crippen molar-refractivity contribution in [3.05, 3.63) is 46.3 Å². The Morgan fingerprint density at radius 3 is 2.75 bits per heavy atom. The van der Waals surface area contributed by atoms with E-state index in [1.54, 1.807) is 40.5 Å². The molecule has 6 nitrogen and oxygen atoms in total. The van der Waals surface area contributed by atoms with Crippen LogP contribution < -0.4 is 0 Å². The van der Waals surface area contributed by atoms with Crippen LogP contribution in [0.25, 0.3) is 5.65 Å². The molecule has 24 heavy (non-hydrogen) atoms. The number of carbonyl (C=O) groups is 1. The van der Waals surface area contributed by atoms with Gasteiger partial charge < -0.3 is 4.90 Å². The minimum Gasteiger partial charge on any atom is -0.338 e. The quantitative estimate of drug-likeness (QED) is 0.719. The summed E-state index contributed by atoms with van der Waals surface area (Å²) in [5.41, 5.74) is 1.25. The molecule has 1 aliphatic rings. The highest BCUT2D eigenvalue weighted by Gasteiger charge is 2.36. The molecule has 0 spiro atoms. The first-order chi connectivity index (χ1) is 11.6. The number of rotatable bonds is 2. The highest BCUT2D eigenvalue weighted by Crippen LogP contribution is 2.37. The van der Waals surface area contributed by atoms with Crippen molar-refractivity contribution in [2.75, 3.05) is 13.1 Å². The fourth-order valence-corrected chi connectivity index (χ4v) is 4.17. The molecule has 3 aromatic heterocycles. The number of hydrogen-bond donors (Lipinski definition) is 0. The number of piperidine rings is 1. The molecule has 1 fully saturated rings. The van der Waals surface area contributed by atoms with E-state index in [-0.39, 0.29) is 11.3 Å². The van der Waals surface area contributed by atoms with Crippen molar-refractivity contribution in [2.24, 2.45) is 0 Å². The molecule has 0 unspecified atom stereocenters. The van der Waals surface area contributed by atoms with E-state index in [2.05, 4.69) is 28.9 Å². The van der Waals surface area contributed by atoms with Crippen LogP contribution in [0.15, 0.2) is 30.9 Å². The summed E-state index contributed by atoms with van der Waals surface area (Å²) in [7, 11) is 0. The summed E-state index contributed by atoms with van der Waals surface area (Å²) in [6.07, 6.45) is 8.90. The molecule has 0 saturated carbocycles. The van der Waals surface area contributed by atoms with E-state index < -0.39 is 0 Å². The fourth-order valence-electron chi connectivity index (χ4n) is 3.20. The third-order valence-corrected chi connectivity index (χ3v) is 6.02. The first-order valence-corrected chi connectivity index (χ1v) is 8.89. The third-order valence-electron chi connectivity index (χ3n) is 4.80. The van der Waals surface area contributed by atoms with Crippen LogP contribution in [-0.2, 0) is 5.41 Å². The van der Waals surface area contributed by atoms with Gasteiger partial charge in [-0.05, 0) is 25.8 Å². The zero-order valence-electron chi connectivity index (χ0n) is 13.8. The molecule has 0 radical (unpaired) electrons. The Bertz CT molecular complexity index is 891. The van der Waals surface area contributed by atoms with E-state index in [4.69, 9.17) is 0 Å². The molecule has 0 N–H and O–H groups in total. The number of likely N-dealkylation sites (tertiary alicyclic amines) is 1. The Balaban J connectivity index is 1.52. The molecular weight excluding hydrogens is 322 g/mol. The predicted octanol–water partition coefficient (Wildman–Crippen LogP) is 2.69. The van der Waals surface area contributed by atoms with Crippen LogP contribution in [0.1, 0.15) is 40.0 Å². The monoisotopic (exact) mass is 341 g/mol. The molecule has 0 atom stereocenters. The van der Waals surface area contributed by atoms with Gasteiger partial charge >= 0.3 is 0 Å². The Kier molecular flexibility index (Phi) is 3.60. The lowest BCUT2D eigenvalue weighted by molar-refractivity contribution is 0.0677. The summed E-state index contributed by atoms with van der Waals surface area (Å²) in [4.78, 5) is 24.8. The van der Waals surface area contributed by atoms with Crippen molar-refractivity contribution in [3.8, 4) is 0 Å². The van der Waals surface area contributed by atoms with E-state index in [0.717, 1.165) is 25.9 Å². The van der Waals surface area contributed by atoms with Crippen LogP contribution in [0.3, 0.4) is 0 Å². The molecule has 0 aromatic carbocycles. The summed E-state index contributed by atoms with van der Waals surface area (Å²) in [5, 5.41) is 5.40. The Labute approximate surface area is 144 Å². The molecule has 4 rings (SSSR count). The number of aryl methyl sites for hydroxylation is 1. The lowest BCUT2D eigenvalue weighted by atomic mass is 9.81. The number of nitrogens with zero attached hydrogens (tertiary/aromatic N) is 5. The fraction of sp³-hybridized carbons (Fsp3) is 0.412. The first kappa shape index (κ1) is 15.3. The zero-order chi connectivity index (χ0) is 16.7. The molecular formula is C17H19N5OS. The van der Waals surface area contributed by atoms with Gasteiger partial charge in [-0.1, -0.05) is 6.92 Å². The van der Waals surface area contributed by atoms with Crippen LogP contribution in [-0.4, -0.2) is 43.5 Å². The Hall–Kier alpha value is -2.28. The number of amides is 1. The molecule has 124 valence electrons. The second-order valence-electron chi connectivity index (χ2n) is 6.58. The summed E-state index contributed by atoms with van der Waals surface area (Å²) < 4.78 is 1.64. The minimum absolute atomic E-state index is 0.0149. The van der Waals surface area contributed by atoms with Crippen molar-refractivity contribution in [1.82, 2.24) is 24.5 Å². The normalized spacial score (nSPS) is 17.3. The van der Waals surface area contributed by atoms with Gasteiger partial charge in [-0.15, -0.1) is 11.3 Å². The van der Waals surface area contributed by atoms with Crippen LogP contribution in [0.5, 0.6) is 0 Å². The van der Waals surface area contributed by atoms with E-state index in [9.17, 15) is 4.79 Å². The summed E-state index contributed by atoms with van der Waals surface area (Å²) >= 11 is 1.76. The third kappa shape index (κ3) is 2.49. The maximum atomic E-state index is 12.8. The second-order valence-corrected chi connectivity index (χ2v) is 7.81. The van der Waals surface area contributed by atoms with Gasteiger partial charge in [-0.2, -0.15) is 5.10 Å². The average molecular weight is 341 g/mol. The lowest BCUT2D eigenvalue weighted by Gasteiger charge is -2.38. The summed E-state index contributed by atoms with van der Waals surface area (Å²) in [6, 6.07) is 1.80. The van der Waals surface area contributed by atoms with E-state index >= 15 is 0 Å². The molecule has 1 aliphatic heterocycles. The number of aromatic nitrogens is 4. The molecule has 7 heteroatoms. The van der Waals surface area contributed by atoms with E-state index in [1.807, 2.05) is 11.1 Å². The predicted molar refractivity (Wildman–Crippen MR) is 92.3 cm³/mol. The standard InChI is InChI=1S/C17H19N5OS/c1-12-10-19-16(24-12)17(2)4-8-21(9-5-17)15(23)13-11-20-22-7-3-6-18-14(13)22/h3,6-7,10-11H,4-5,8-9H2,1-2H3. The number of fused-ring (bicyclic) bond motifs is 1. The minimum atomic E-state index is 0.0149. The van der Waals surface area contributed by atoms with Crippen LogP contribution in [0.4, 0.5) is 0 Å². The Morgan fingerprint density at radius 1 is 1.25 bits per heavy atom. The molecule has 1 saturated heterocycles. The molecule has 0 bridgehead atoms. The van der Waals surface area contributed by atoms with Gasteiger partial charge in [0.15, 0.2) is 5.65 Å². The van der Waals surface area contributed by atoms with Crippen LogP contribution >= 0.6 is 11.3 Å². The lowest BCUT2D eigenvalue weighted by Crippen LogP contribution is -2.43. The smallest absolute Gasteiger partial charge is 0.259 e. The van der Waals surface area contributed by atoms with Crippen molar-refractivity contribution in [3.63, 3.8) is 0 Å². The largest absolute Gasteiger partial charge is 0.338 e. The van der Waals surface area contributed by atoms with Gasteiger partial charge in [0, 0.05) is 42.0 Å². The average Bonchev–Trinajstić information content (AvgIpc) is 3.21. The van der Waals surface area contributed by atoms with E-state index in [1.165, 1.54) is 9.88 Å². The van der Waals surface area contributed by atoms with Crippen LogP contribution in [0, 0.1) is 6.92 Å². The van der Waals surface area contributed by atoms with Crippen LogP contribution in [0.2, 0.25) is 0 Å². The van der Waals surface area contributed by atoms with Crippen molar-refractivity contribution < 1.29 is 4.79 Å². The first-order valence-electron chi connectivity index (χ1n) is 8.07. The van der Waals surface area contributed by atoms with Crippen molar-refractivity contribution in [2.45, 2.75) is 32.1 Å². The van der Waals surface area contributed by atoms with Gasteiger partial charge in [-0.25, -0.2) is 14.5 Å². The van der Waals surface area contributed by atoms with Crippen molar-refractivity contribution >= 4 is 22.9 Å². The number of carbonyl (C=O) groups excluding carboxylic acids is 1. The molecule has 1 amide bonds. The van der Waals surface area contributed by atoms with Gasteiger partial charge in [0.1, 0.15) is 5.56 Å². The van der Waals surface area contributed by atoms with E-state index in [0.29, 0.717) is 11.2 Å². The molecule has 0 aliphatic carbocycles. The highest BCUT2D eigenvalue weighted by molar-refractivity contribution is 7.11. The molecule has 4 heterocycles. The maximum Gasteiger partial charge on any atom is 0.259 e. The van der Waals surface area contributed by atoms with Gasteiger partial charge in [0.25, 0.3) is 5.91 Å². The summed E-state index contributed by atoms with van der Waals surface area (Å²) in [5.74, 6) is 0.0149. The number of thiazole rings is 1. The topological polar surface area (TPSA) is 63.4 Å². The highest BCUT2D eigenvalue weighted by atomic mass is 32.1. The van der Waals surface area contributed by atoms with Crippen molar-refractivity contribution in [1.29, 1.82) is 0 Å². The van der Waals surface area contributed by atoms with Gasteiger partial charge in [0.2, 0.25) is 0 Å². The van der Waals surface area contributed by atoms with Gasteiger partial charge in [-0.3, -0.25) is 4.79 Å². The Morgan fingerprint density at radius 2 is 2.04 bits per heavy atom. The summed E-state index contributed by atoms with van der Waals surface area (Å²) in [6.45, 7) is 5.81.